The molecule has 0 aliphatic heterocycles. The molecule has 5 heteroatoms. The molecular weight excluding hydrogens is 358 g/mol. The zero-order valence-electron chi connectivity index (χ0n) is 15.8. The zero-order chi connectivity index (χ0) is 19.3. The van der Waals surface area contributed by atoms with Crippen LogP contribution in [0.25, 0.3) is 10.4 Å². The Balaban J connectivity index is 1.56. The number of carboxylic acid groups (broad SMARTS) is 1. The van der Waals surface area contributed by atoms with E-state index < -0.39 is 11.4 Å². The molecule has 1 aromatic heterocycles. The number of aryl methyl sites for hydroxylation is 1. The number of carbonyl (C=O) groups excluding carboxylic acids is 2. The lowest BCUT2D eigenvalue weighted by Gasteiger charge is -2.37. The second-order valence-electron chi connectivity index (χ2n) is 7.69. The first-order valence-electron chi connectivity index (χ1n) is 9.57. The second-order valence-corrected chi connectivity index (χ2v) is 8.61. The molecule has 3 rings (SSSR count). The molecule has 0 saturated heterocycles. The SMILES string of the molecule is Cc1ccsc1-c1ccc(CNC(=O)CC2(CC(=O)[O-])CCCCC2)cc1. The lowest BCUT2D eigenvalue weighted by Crippen LogP contribution is -2.38. The first-order valence-corrected chi connectivity index (χ1v) is 10.5. The van der Waals surface area contributed by atoms with Crippen LogP contribution < -0.4 is 10.4 Å². The maximum Gasteiger partial charge on any atom is 0.220 e. The molecule has 144 valence electrons. The Hall–Kier alpha value is -2.14. The molecule has 1 aliphatic carbocycles. The van der Waals surface area contributed by atoms with Gasteiger partial charge in [-0.1, -0.05) is 43.5 Å². The molecule has 0 bridgehead atoms. The molecule has 27 heavy (non-hydrogen) atoms. The molecular formula is C22H26NO3S-. The average Bonchev–Trinajstić information content (AvgIpc) is 3.06. The van der Waals surface area contributed by atoms with Crippen molar-refractivity contribution >= 4 is 23.2 Å². The van der Waals surface area contributed by atoms with Crippen molar-refractivity contribution in [1.82, 2.24) is 5.32 Å². The molecule has 1 aromatic carbocycles. The molecule has 0 unspecified atom stereocenters. The molecule has 2 aromatic rings. The van der Waals surface area contributed by atoms with E-state index in [4.69, 9.17) is 0 Å². The quantitative estimate of drug-likeness (QED) is 0.789. The van der Waals surface area contributed by atoms with Crippen LogP contribution in [0.15, 0.2) is 35.7 Å². The van der Waals surface area contributed by atoms with Gasteiger partial charge in [0.25, 0.3) is 0 Å². The van der Waals surface area contributed by atoms with Crippen LogP contribution in [-0.4, -0.2) is 11.9 Å². The molecule has 0 radical (unpaired) electrons. The topological polar surface area (TPSA) is 69.2 Å². The van der Waals surface area contributed by atoms with Gasteiger partial charge in [0.15, 0.2) is 0 Å². The van der Waals surface area contributed by atoms with Gasteiger partial charge >= 0.3 is 0 Å². The second kappa shape index (κ2) is 8.70. The van der Waals surface area contributed by atoms with E-state index in [9.17, 15) is 14.7 Å². The largest absolute Gasteiger partial charge is 0.550 e. The molecule has 1 saturated carbocycles. The number of thiophene rings is 1. The van der Waals surface area contributed by atoms with Gasteiger partial charge in [-0.2, -0.15) is 0 Å². The lowest BCUT2D eigenvalue weighted by atomic mass is 9.69. The minimum absolute atomic E-state index is 0.0186. The van der Waals surface area contributed by atoms with Gasteiger partial charge in [-0.25, -0.2) is 0 Å². The van der Waals surface area contributed by atoms with E-state index >= 15 is 0 Å². The van der Waals surface area contributed by atoms with Gasteiger partial charge in [-0.15, -0.1) is 11.3 Å². The summed E-state index contributed by atoms with van der Waals surface area (Å²) in [6.07, 6.45) is 4.94. The molecule has 0 atom stereocenters. The van der Waals surface area contributed by atoms with E-state index in [-0.39, 0.29) is 18.7 Å². The summed E-state index contributed by atoms with van der Waals surface area (Å²) in [6.45, 7) is 2.57. The Morgan fingerprint density at radius 1 is 1.07 bits per heavy atom. The normalized spacial score (nSPS) is 16.0. The molecule has 1 heterocycles. The van der Waals surface area contributed by atoms with Crippen LogP contribution in [-0.2, 0) is 16.1 Å². The molecule has 1 amide bonds. The third-order valence-corrected chi connectivity index (χ3v) is 6.60. The fraction of sp³-hybridized carbons (Fsp3) is 0.455. The monoisotopic (exact) mass is 384 g/mol. The lowest BCUT2D eigenvalue weighted by molar-refractivity contribution is -0.308. The van der Waals surface area contributed by atoms with Gasteiger partial charge in [0.2, 0.25) is 5.91 Å². The van der Waals surface area contributed by atoms with E-state index in [0.717, 1.165) is 37.7 Å². The Morgan fingerprint density at radius 3 is 2.37 bits per heavy atom. The third kappa shape index (κ3) is 5.19. The maximum absolute atomic E-state index is 12.4. The van der Waals surface area contributed by atoms with E-state index in [1.165, 1.54) is 16.0 Å². The highest BCUT2D eigenvalue weighted by atomic mass is 32.1. The Labute approximate surface area is 164 Å². The van der Waals surface area contributed by atoms with Crippen molar-refractivity contribution < 1.29 is 14.7 Å². The van der Waals surface area contributed by atoms with Crippen LogP contribution >= 0.6 is 11.3 Å². The summed E-state index contributed by atoms with van der Waals surface area (Å²) >= 11 is 1.73. The van der Waals surface area contributed by atoms with E-state index in [1.54, 1.807) is 11.3 Å². The highest BCUT2D eigenvalue weighted by Gasteiger charge is 2.34. The number of amides is 1. The Morgan fingerprint density at radius 2 is 1.78 bits per heavy atom. The summed E-state index contributed by atoms with van der Waals surface area (Å²) in [5, 5.41) is 16.2. The van der Waals surface area contributed by atoms with Crippen molar-refractivity contribution in [2.75, 3.05) is 0 Å². The number of rotatable bonds is 7. The smallest absolute Gasteiger partial charge is 0.220 e. The number of aliphatic carboxylic acids is 1. The molecule has 1 fully saturated rings. The number of hydrogen-bond donors (Lipinski definition) is 1. The van der Waals surface area contributed by atoms with Crippen LogP contribution in [0.4, 0.5) is 0 Å². The van der Waals surface area contributed by atoms with Crippen LogP contribution in [0.3, 0.4) is 0 Å². The molecule has 0 spiro atoms. The zero-order valence-corrected chi connectivity index (χ0v) is 16.6. The summed E-state index contributed by atoms with van der Waals surface area (Å²) < 4.78 is 0. The predicted octanol–water partition coefficient (Wildman–Crippen LogP) is 3.82. The fourth-order valence-corrected chi connectivity index (χ4v) is 5.00. The number of carboxylic acids is 1. The van der Waals surface area contributed by atoms with E-state index in [1.807, 2.05) is 12.1 Å². The van der Waals surface area contributed by atoms with Crippen molar-refractivity contribution in [2.45, 2.75) is 58.4 Å². The highest BCUT2D eigenvalue weighted by molar-refractivity contribution is 7.13. The van der Waals surface area contributed by atoms with E-state index in [2.05, 4.69) is 35.8 Å². The van der Waals surface area contributed by atoms with Gasteiger partial charge in [-0.3, -0.25) is 4.79 Å². The van der Waals surface area contributed by atoms with Crippen molar-refractivity contribution in [3.63, 3.8) is 0 Å². The van der Waals surface area contributed by atoms with Crippen LogP contribution in [0.1, 0.15) is 56.1 Å². The minimum atomic E-state index is -1.05. The van der Waals surface area contributed by atoms with E-state index in [0.29, 0.717) is 6.54 Å². The van der Waals surface area contributed by atoms with Gasteiger partial charge in [0.1, 0.15) is 0 Å². The molecule has 1 aliphatic rings. The molecule has 4 nitrogen and oxygen atoms in total. The highest BCUT2D eigenvalue weighted by Crippen LogP contribution is 2.42. The Kier molecular flexibility index (Phi) is 6.32. The van der Waals surface area contributed by atoms with Crippen LogP contribution in [0, 0.1) is 12.3 Å². The van der Waals surface area contributed by atoms with Gasteiger partial charge in [0, 0.05) is 23.8 Å². The maximum atomic E-state index is 12.4. The Bertz CT molecular complexity index is 788. The summed E-state index contributed by atoms with van der Waals surface area (Å²) in [4.78, 5) is 24.9. The average molecular weight is 385 g/mol. The molecule has 1 N–H and O–H groups in total. The third-order valence-electron chi connectivity index (χ3n) is 5.54. The number of nitrogens with one attached hydrogen (secondary N) is 1. The van der Waals surface area contributed by atoms with Crippen molar-refractivity contribution in [3.05, 3.63) is 46.8 Å². The first-order chi connectivity index (χ1) is 13.0. The summed E-state index contributed by atoms with van der Waals surface area (Å²) in [5.74, 6) is -1.12. The minimum Gasteiger partial charge on any atom is -0.550 e. The summed E-state index contributed by atoms with van der Waals surface area (Å²) in [7, 11) is 0. The standard InChI is InChI=1S/C22H27NO3S/c1-16-9-12-27-21(16)18-7-5-17(6-8-18)15-23-19(24)13-22(14-20(25)26)10-3-2-4-11-22/h5-9,12H,2-4,10-11,13-15H2,1H3,(H,23,24)(H,25,26)/p-1. The van der Waals surface area contributed by atoms with Crippen molar-refractivity contribution in [3.8, 4) is 10.4 Å². The van der Waals surface area contributed by atoms with Crippen molar-refractivity contribution in [1.29, 1.82) is 0 Å². The van der Waals surface area contributed by atoms with Crippen molar-refractivity contribution in [2.24, 2.45) is 5.41 Å². The van der Waals surface area contributed by atoms with Crippen LogP contribution in [0.5, 0.6) is 0 Å². The van der Waals surface area contributed by atoms with Crippen LogP contribution in [0.2, 0.25) is 0 Å². The van der Waals surface area contributed by atoms with Gasteiger partial charge < -0.3 is 15.2 Å². The summed E-state index contributed by atoms with van der Waals surface area (Å²) in [5.41, 5.74) is 3.07. The predicted molar refractivity (Wildman–Crippen MR) is 106 cm³/mol. The first kappa shape index (κ1) is 19.6. The number of carbonyl (C=O) groups is 2. The van der Waals surface area contributed by atoms with Gasteiger partial charge in [0.05, 0.1) is 0 Å². The number of benzene rings is 1. The summed E-state index contributed by atoms with van der Waals surface area (Å²) in [6, 6.07) is 10.3. The van der Waals surface area contributed by atoms with Gasteiger partial charge in [-0.05, 0) is 59.7 Å². The number of hydrogen-bond acceptors (Lipinski definition) is 4. The fourth-order valence-electron chi connectivity index (χ4n) is 4.07.